The van der Waals surface area contributed by atoms with Crippen LogP contribution in [-0.4, -0.2) is 102 Å². The second kappa shape index (κ2) is 12.6. The Morgan fingerprint density at radius 2 is 1.64 bits per heavy atom. The van der Waals surface area contributed by atoms with Gasteiger partial charge in [-0.3, -0.25) is 14.6 Å². The molecule has 242 valence electrons. The quantitative estimate of drug-likeness (QED) is 0.368. The number of nitrogens with zero attached hydrogens (tertiary/aromatic N) is 4. The van der Waals surface area contributed by atoms with Gasteiger partial charge in [0.1, 0.15) is 6.10 Å². The first kappa shape index (κ1) is 31.4. The van der Waals surface area contributed by atoms with Crippen LogP contribution in [0.25, 0.3) is 10.9 Å². The van der Waals surface area contributed by atoms with Gasteiger partial charge in [0.2, 0.25) is 0 Å². The smallest absolute Gasteiger partial charge is 0.391 e. The van der Waals surface area contributed by atoms with Crippen molar-refractivity contribution in [2.24, 2.45) is 5.16 Å². The molecule has 1 amide bonds. The number of aromatic amines is 1. The van der Waals surface area contributed by atoms with E-state index in [1.165, 1.54) is 4.90 Å². The second-order valence-electron chi connectivity index (χ2n) is 11.7. The molecule has 1 unspecified atom stereocenters. The molecular formula is C31H33F6N5O3. The highest BCUT2D eigenvalue weighted by molar-refractivity contribution is 5.95. The van der Waals surface area contributed by atoms with Crippen LogP contribution in [0.2, 0.25) is 0 Å². The molecule has 14 heteroatoms. The van der Waals surface area contributed by atoms with Crippen molar-refractivity contribution >= 4 is 22.5 Å². The number of nitrogens with one attached hydrogen (secondary N) is 1. The number of aromatic nitrogens is 1. The number of piperazine rings is 1. The summed E-state index contributed by atoms with van der Waals surface area (Å²) in [5, 5.41) is 5.23. The van der Waals surface area contributed by atoms with Crippen molar-refractivity contribution in [3.8, 4) is 0 Å². The van der Waals surface area contributed by atoms with Crippen molar-refractivity contribution in [1.29, 1.82) is 0 Å². The van der Waals surface area contributed by atoms with Crippen molar-refractivity contribution in [2.75, 3.05) is 59.0 Å². The van der Waals surface area contributed by atoms with E-state index in [1.54, 1.807) is 0 Å². The standard InChI is InChI=1S/C31H33F6N5O3/c32-30(33,34)22-11-20(12-23(14-22)31(35,36)37)29(43)42-6-5-41(17-24-15-26(45-39-24)19-40-7-9-44-10-8-40)18-25(42)13-21-16-38-28-4-2-1-3-27(21)28/h1-4,11-12,14,16,25-26,38H,5-10,13,15,17-19H2/t25-,26?/m1/s1. The molecule has 0 bridgehead atoms. The summed E-state index contributed by atoms with van der Waals surface area (Å²) in [5.41, 5.74) is -1.05. The topological polar surface area (TPSA) is 73.4 Å². The maximum absolute atomic E-state index is 13.8. The number of hydrogen-bond acceptors (Lipinski definition) is 6. The largest absolute Gasteiger partial charge is 0.416 e. The highest BCUT2D eigenvalue weighted by Gasteiger charge is 2.39. The van der Waals surface area contributed by atoms with E-state index in [0.717, 1.165) is 41.8 Å². The van der Waals surface area contributed by atoms with E-state index in [-0.39, 0.29) is 18.7 Å². The zero-order valence-corrected chi connectivity index (χ0v) is 24.3. The van der Waals surface area contributed by atoms with Gasteiger partial charge in [0, 0.05) is 80.9 Å². The van der Waals surface area contributed by atoms with Gasteiger partial charge in [-0.15, -0.1) is 0 Å². The lowest BCUT2D eigenvalue weighted by Gasteiger charge is -2.41. The molecule has 0 saturated carbocycles. The molecule has 2 aromatic carbocycles. The summed E-state index contributed by atoms with van der Waals surface area (Å²) in [6, 6.07) is 8.11. The fourth-order valence-corrected chi connectivity index (χ4v) is 6.31. The lowest BCUT2D eigenvalue weighted by atomic mass is 9.98. The third-order valence-electron chi connectivity index (χ3n) is 8.56. The fourth-order valence-electron chi connectivity index (χ4n) is 6.31. The lowest BCUT2D eigenvalue weighted by Crippen LogP contribution is -2.56. The molecule has 45 heavy (non-hydrogen) atoms. The average Bonchev–Trinajstić information content (AvgIpc) is 3.63. The molecule has 2 saturated heterocycles. The van der Waals surface area contributed by atoms with Gasteiger partial charge in [-0.2, -0.15) is 26.3 Å². The van der Waals surface area contributed by atoms with E-state index in [4.69, 9.17) is 9.57 Å². The summed E-state index contributed by atoms with van der Waals surface area (Å²) in [6.07, 6.45) is -7.37. The maximum Gasteiger partial charge on any atom is 0.416 e. The van der Waals surface area contributed by atoms with Gasteiger partial charge in [0.25, 0.3) is 5.91 Å². The number of fused-ring (bicyclic) bond motifs is 1. The monoisotopic (exact) mass is 637 g/mol. The Morgan fingerprint density at radius 3 is 2.36 bits per heavy atom. The number of para-hydroxylation sites is 1. The zero-order chi connectivity index (χ0) is 31.8. The molecular weight excluding hydrogens is 604 g/mol. The van der Waals surface area contributed by atoms with Crippen LogP contribution >= 0.6 is 0 Å². The van der Waals surface area contributed by atoms with Crippen molar-refractivity contribution in [2.45, 2.75) is 37.3 Å². The SMILES string of the molecule is O=C(c1cc(C(F)(F)F)cc(C(F)(F)F)c1)N1CCN(CC2=NOC(CN3CCOCC3)C2)C[C@H]1Cc1c[nH]c2ccccc12. The van der Waals surface area contributed by atoms with Gasteiger partial charge in [-0.1, -0.05) is 23.4 Å². The molecule has 0 radical (unpaired) electrons. The van der Waals surface area contributed by atoms with Crippen molar-refractivity contribution in [3.63, 3.8) is 0 Å². The van der Waals surface area contributed by atoms with Crippen LogP contribution in [0.5, 0.6) is 0 Å². The van der Waals surface area contributed by atoms with E-state index in [1.807, 2.05) is 30.5 Å². The number of H-pyrrole nitrogens is 1. The highest BCUT2D eigenvalue weighted by Crippen LogP contribution is 2.37. The van der Waals surface area contributed by atoms with Gasteiger partial charge in [0.15, 0.2) is 0 Å². The summed E-state index contributed by atoms with van der Waals surface area (Å²) in [4.78, 5) is 28.4. The molecule has 0 aliphatic carbocycles. The number of hydrogen-bond donors (Lipinski definition) is 1. The van der Waals surface area contributed by atoms with E-state index < -0.39 is 41.0 Å². The summed E-state index contributed by atoms with van der Waals surface area (Å²) in [7, 11) is 0. The minimum atomic E-state index is -5.05. The predicted molar refractivity (Wildman–Crippen MR) is 154 cm³/mol. The Hall–Kier alpha value is -3.62. The van der Waals surface area contributed by atoms with Gasteiger partial charge >= 0.3 is 12.4 Å². The molecule has 6 rings (SSSR count). The Morgan fingerprint density at radius 1 is 0.933 bits per heavy atom. The minimum Gasteiger partial charge on any atom is -0.391 e. The summed E-state index contributed by atoms with van der Waals surface area (Å²) in [6.45, 7) is 5.08. The molecule has 2 fully saturated rings. The molecule has 3 aromatic rings. The number of benzene rings is 2. The predicted octanol–water partition coefficient (Wildman–Crippen LogP) is 5.05. The molecule has 3 aliphatic rings. The average molecular weight is 638 g/mol. The van der Waals surface area contributed by atoms with E-state index in [9.17, 15) is 31.1 Å². The summed E-state index contributed by atoms with van der Waals surface area (Å²) >= 11 is 0. The third-order valence-corrected chi connectivity index (χ3v) is 8.56. The second-order valence-corrected chi connectivity index (χ2v) is 11.7. The first-order chi connectivity index (χ1) is 21.4. The maximum atomic E-state index is 13.8. The Labute approximate surface area is 255 Å². The van der Waals surface area contributed by atoms with Crippen molar-refractivity contribution in [3.05, 3.63) is 70.9 Å². The fraction of sp³-hybridized carbons (Fsp3) is 0.484. The van der Waals surface area contributed by atoms with Crippen molar-refractivity contribution in [1.82, 2.24) is 19.7 Å². The summed E-state index contributed by atoms with van der Waals surface area (Å²) < 4.78 is 86.9. The number of amides is 1. The minimum absolute atomic E-state index is 0.0366. The number of morpholine rings is 1. The molecule has 2 atom stereocenters. The number of alkyl halides is 6. The number of ether oxygens (including phenoxy) is 1. The van der Waals surface area contributed by atoms with Crippen LogP contribution < -0.4 is 0 Å². The van der Waals surface area contributed by atoms with Gasteiger partial charge < -0.3 is 19.5 Å². The molecule has 4 heterocycles. The van der Waals surface area contributed by atoms with Gasteiger partial charge in [-0.25, -0.2) is 0 Å². The van der Waals surface area contributed by atoms with Gasteiger partial charge in [-0.05, 0) is 36.2 Å². The summed E-state index contributed by atoms with van der Waals surface area (Å²) in [5.74, 6) is -0.872. The number of oxime groups is 1. The molecule has 1 N–H and O–H groups in total. The Balaban J connectivity index is 1.22. The molecule has 1 aromatic heterocycles. The normalized spacial score (nSPS) is 22.1. The number of carbonyl (C=O) groups is 1. The van der Waals surface area contributed by atoms with Crippen LogP contribution in [0, 0.1) is 0 Å². The van der Waals surface area contributed by atoms with E-state index in [2.05, 4.69) is 19.9 Å². The van der Waals surface area contributed by atoms with E-state index >= 15 is 0 Å². The van der Waals surface area contributed by atoms with Crippen molar-refractivity contribution < 1.29 is 40.7 Å². The number of halogens is 6. The lowest BCUT2D eigenvalue weighted by molar-refractivity contribution is -0.143. The Kier molecular flexibility index (Phi) is 8.81. The third kappa shape index (κ3) is 7.28. The molecule has 3 aliphatic heterocycles. The first-order valence-corrected chi connectivity index (χ1v) is 14.8. The van der Waals surface area contributed by atoms with E-state index in [0.29, 0.717) is 57.8 Å². The van der Waals surface area contributed by atoms with Gasteiger partial charge in [0.05, 0.1) is 30.1 Å². The molecule has 8 nitrogen and oxygen atoms in total. The number of rotatable bonds is 7. The van der Waals surface area contributed by atoms with Crippen LogP contribution in [0.4, 0.5) is 26.3 Å². The van der Waals surface area contributed by atoms with Crippen LogP contribution in [0.15, 0.2) is 53.8 Å². The van der Waals surface area contributed by atoms with Crippen LogP contribution in [0.1, 0.15) is 33.5 Å². The first-order valence-electron chi connectivity index (χ1n) is 14.8. The number of carbonyl (C=O) groups excluding carboxylic acids is 1. The highest BCUT2D eigenvalue weighted by atomic mass is 19.4. The zero-order valence-electron chi connectivity index (χ0n) is 24.3. The van der Waals surface area contributed by atoms with Crippen LogP contribution in [0.3, 0.4) is 0 Å². The molecule has 0 spiro atoms. The van der Waals surface area contributed by atoms with Crippen LogP contribution in [-0.2, 0) is 28.3 Å². The Bertz CT molecular complexity index is 1520.